The second-order valence-electron chi connectivity index (χ2n) is 7.40. The van der Waals surface area contributed by atoms with Crippen LogP contribution in [0.25, 0.3) is 11.1 Å². The predicted octanol–water partition coefficient (Wildman–Crippen LogP) is 4.79. The Labute approximate surface area is 182 Å². The average Bonchev–Trinajstić information content (AvgIpc) is 2.74. The highest BCUT2D eigenvalue weighted by atomic mass is 31.2. The van der Waals surface area contributed by atoms with Crippen LogP contribution in [0.1, 0.15) is 33.4 Å². The number of hydrogen-bond donors (Lipinski definition) is 0. The minimum absolute atomic E-state index is 0.180. The molecule has 31 heavy (non-hydrogen) atoms. The smallest absolute Gasteiger partial charge is 0.342 e. The van der Waals surface area contributed by atoms with Gasteiger partial charge >= 0.3 is 19.5 Å². The van der Waals surface area contributed by atoms with Gasteiger partial charge in [0.1, 0.15) is 0 Å². The Morgan fingerprint density at radius 2 is 1.39 bits per heavy atom. The van der Waals surface area contributed by atoms with Gasteiger partial charge in [0.05, 0.1) is 23.7 Å². The number of benzene rings is 1. The van der Waals surface area contributed by atoms with Crippen LogP contribution in [-0.4, -0.2) is 30.5 Å². The summed E-state index contributed by atoms with van der Waals surface area (Å²) in [4.78, 5) is 27.6. The number of pyridine rings is 1. The molecule has 0 spiro atoms. The van der Waals surface area contributed by atoms with E-state index in [1.807, 2.05) is 36.4 Å². The van der Waals surface area contributed by atoms with E-state index in [0.717, 1.165) is 11.1 Å². The number of esters is 2. The summed E-state index contributed by atoms with van der Waals surface area (Å²) in [6.45, 7) is 5.58. The second-order valence-corrected chi connectivity index (χ2v) is 9.46. The molecule has 0 aliphatic rings. The van der Waals surface area contributed by atoms with Crippen molar-refractivity contribution in [3.05, 3.63) is 54.4 Å². The summed E-state index contributed by atoms with van der Waals surface area (Å²) in [6, 6.07) is 13.3. The van der Waals surface area contributed by atoms with E-state index in [1.54, 1.807) is 40.0 Å². The minimum atomic E-state index is -3.82. The van der Waals surface area contributed by atoms with Crippen LogP contribution in [0.5, 0.6) is 0 Å². The highest BCUT2D eigenvalue weighted by Gasteiger charge is 2.28. The molecule has 168 valence electrons. The summed E-state index contributed by atoms with van der Waals surface area (Å²) in [7, 11) is -3.82. The average molecular weight is 449 g/mol. The fraction of sp³-hybridized carbons (Fsp3) is 0.409. The van der Waals surface area contributed by atoms with E-state index in [2.05, 4.69) is 4.98 Å². The molecule has 0 unspecified atom stereocenters. The van der Waals surface area contributed by atoms with Crippen molar-refractivity contribution in [2.75, 3.05) is 13.6 Å². The van der Waals surface area contributed by atoms with Crippen molar-refractivity contribution < 1.29 is 32.7 Å². The number of carbonyl (C=O) groups is 2. The molecule has 0 amide bonds. The fourth-order valence-electron chi connectivity index (χ4n) is 2.31. The molecule has 1 heterocycles. The van der Waals surface area contributed by atoms with Gasteiger partial charge in [-0.3, -0.25) is 28.2 Å². The van der Waals surface area contributed by atoms with E-state index in [9.17, 15) is 14.2 Å². The zero-order valence-corrected chi connectivity index (χ0v) is 19.0. The van der Waals surface area contributed by atoms with Gasteiger partial charge in [0.15, 0.2) is 0 Å². The number of rotatable bonds is 11. The van der Waals surface area contributed by atoms with Gasteiger partial charge in [0.25, 0.3) is 0 Å². The standard InChI is InChI=1S/C22H28NO7P/c1-16(2)21(24)27-14-29-31(26,30-15-28-22(25)17(3)4)13-20-11-10-19(12-23-20)18-8-6-5-7-9-18/h5-12,16-17H,13-15H2,1-4H3. The van der Waals surface area contributed by atoms with Crippen molar-refractivity contribution in [2.24, 2.45) is 11.8 Å². The van der Waals surface area contributed by atoms with Gasteiger partial charge in [-0.2, -0.15) is 0 Å². The zero-order chi connectivity index (χ0) is 22.9. The lowest BCUT2D eigenvalue weighted by Crippen LogP contribution is -2.16. The van der Waals surface area contributed by atoms with Crippen LogP contribution in [0, 0.1) is 11.8 Å². The van der Waals surface area contributed by atoms with E-state index < -0.39 is 33.1 Å². The molecule has 2 aromatic rings. The molecule has 1 aromatic carbocycles. The Hall–Kier alpha value is -2.54. The lowest BCUT2D eigenvalue weighted by molar-refractivity contribution is -0.156. The van der Waals surface area contributed by atoms with Crippen LogP contribution in [-0.2, 0) is 38.8 Å². The van der Waals surface area contributed by atoms with Crippen molar-refractivity contribution >= 4 is 19.5 Å². The SMILES string of the molecule is CC(C)C(=O)OCOP(=O)(Cc1ccc(-c2ccccc2)cn1)OCOC(=O)C(C)C. The summed E-state index contributed by atoms with van der Waals surface area (Å²) in [5.41, 5.74) is 2.35. The molecule has 0 N–H and O–H groups in total. The van der Waals surface area contributed by atoms with Gasteiger partial charge in [-0.05, 0) is 11.6 Å². The molecular formula is C22H28NO7P. The summed E-state index contributed by atoms with van der Waals surface area (Å²) < 4.78 is 33.6. The van der Waals surface area contributed by atoms with Crippen molar-refractivity contribution in [1.82, 2.24) is 4.98 Å². The van der Waals surface area contributed by atoms with Gasteiger partial charge in [0, 0.05) is 11.8 Å². The number of nitrogens with zero attached hydrogens (tertiary/aromatic N) is 1. The summed E-state index contributed by atoms with van der Waals surface area (Å²) in [5.74, 6) is -1.71. The van der Waals surface area contributed by atoms with Crippen LogP contribution >= 0.6 is 7.60 Å². The number of hydrogen-bond acceptors (Lipinski definition) is 8. The molecule has 0 aliphatic heterocycles. The highest BCUT2D eigenvalue weighted by Crippen LogP contribution is 2.51. The van der Waals surface area contributed by atoms with Crippen molar-refractivity contribution in [3.8, 4) is 11.1 Å². The van der Waals surface area contributed by atoms with Crippen LogP contribution in [0.2, 0.25) is 0 Å². The molecule has 2 rings (SSSR count). The molecule has 0 atom stereocenters. The first-order valence-corrected chi connectivity index (χ1v) is 11.6. The summed E-state index contributed by atoms with van der Waals surface area (Å²) in [5, 5.41) is 0. The normalized spacial score (nSPS) is 11.5. The van der Waals surface area contributed by atoms with Crippen molar-refractivity contribution in [1.29, 1.82) is 0 Å². The zero-order valence-electron chi connectivity index (χ0n) is 18.1. The molecule has 1 aromatic heterocycles. The monoisotopic (exact) mass is 449 g/mol. The third-order valence-corrected chi connectivity index (χ3v) is 5.84. The van der Waals surface area contributed by atoms with E-state index in [-0.39, 0.29) is 18.0 Å². The Kier molecular flexibility index (Phi) is 9.37. The summed E-state index contributed by atoms with van der Waals surface area (Å²) in [6.07, 6.45) is 1.48. The largest absolute Gasteiger partial charge is 0.438 e. The minimum Gasteiger partial charge on any atom is -0.438 e. The number of ether oxygens (including phenoxy) is 2. The molecule has 0 bridgehead atoms. The Bertz CT molecular complexity index is 868. The Morgan fingerprint density at radius 1 is 0.839 bits per heavy atom. The van der Waals surface area contributed by atoms with Crippen LogP contribution in [0.3, 0.4) is 0 Å². The van der Waals surface area contributed by atoms with Crippen molar-refractivity contribution in [3.63, 3.8) is 0 Å². The molecule has 9 heteroatoms. The van der Waals surface area contributed by atoms with E-state index in [0.29, 0.717) is 5.69 Å². The molecule has 0 aliphatic carbocycles. The third-order valence-electron chi connectivity index (χ3n) is 4.13. The first-order valence-electron chi connectivity index (χ1n) is 9.92. The van der Waals surface area contributed by atoms with Gasteiger partial charge in [-0.1, -0.05) is 64.1 Å². The molecule has 0 saturated heterocycles. The number of carbonyl (C=O) groups excluding carboxylic acids is 2. The maximum atomic E-state index is 13.2. The predicted molar refractivity (Wildman–Crippen MR) is 115 cm³/mol. The van der Waals surface area contributed by atoms with Crippen LogP contribution < -0.4 is 0 Å². The Morgan fingerprint density at radius 3 is 1.84 bits per heavy atom. The molecule has 0 fully saturated rings. The molecular weight excluding hydrogens is 421 g/mol. The fourth-order valence-corrected chi connectivity index (χ4v) is 3.58. The van der Waals surface area contributed by atoms with Crippen LogP contribution in [0.15, 0.2) is 48.7 Å². The van der Waals surface area contributed by atoms with Gasteiger partial charge < -0.3 is 9.47 Å². The van der Waals surface area contributed by atoms with Gasteiger partial charge in [-0.25, -0.2) is 0 Å². The first kappa shape index (κ1) is 24.7. The topological polar surface area (TPSA) is 101 Å². The first-order chi connectivity index (χ1) is 14.7. The van der Waals surface area contributed by atoms with E-state index in [1.165, 1.54) is 0 Å². The highest BCUT2D eigenvalue weighted by molar-refractivity contribution is 7.53. The second kappa shape index (κ2) is 11.7. The van der Waals surface area contributed by atoms with Crippen LogP contribution in [0.4, 0.5) is 0 Å². The maximum Gasteiger partial charge on any atom is 0.342 e. The Balaban J connectivity index is 2.06. The van der Waals surface area contributed by atoms with Gasteiger partial charge in [0.2, 0.25) is 13.6 Å². The maximum absolute atomic E-state index is 13.2. The molecule has 0 radical (unpaired) electrons. The van der Waals surface area contributed by atoms with Gasteiger partial charge in [-0.15, -0.1) is 0 Å². The van der Waals surface area contributed by atoms with E-state index >= 15 is 0 Å². The third kappa shape index (κ3) is 8.25. The molecule has 0 saturated carbocycles. The molecule has 8 nitrogen and oxygen atoms in total. The lowest BCUT2D eigenvalue weighted by Gasteiger charge is -2.19. The summed E-state index contributed by atoms with van der Waals surface area (Å²) >= 11 is 0. The van der Waals surface area contributed by atoms with E-state index in [4.69, 9.17) is 18.5 Å². The quantitative estimate of drug-likeness (QED) is 0.274. The lowest BCUT2D eigenvalue weighted by atomic mass is 10.1. The number of aromatic nitrogens is 1. The van der Waals surface area contributed by atoms with Crippen molar-refractivity contribution in [2.45, 2.75) is 33.9 Å².